The molecule has 0 amide bonds. The molecule has 4 nitrogen and oxygen atoms in total. The SMILES string of the molecule is O=S(=O)(c1cccc2ccccc12)N1CCCCC1CCN1CCCCC1. The van der Waals surface area contributed by atoms with E-state index in [0.717, 1.165) is 43.0 Å². The fourth-order valence-corrected chi connectivity index (χ4v) is 6.58. The van der Waals surface area contributed by atoms with E-state index in [1.807, 2.05) is 40.7 Å². The molecular formula is C22H30N2O2S. The van der Waals surface area contributed by atoms with Crippen molar-refractivity contribution in [2.75, 3.05) is 26.2 Å². The third-order valence-electron chi connectivity index (χ3n) is 6.14. The Labute approximate surface area is 163 Å². The fraction of sp³-hybridized carbons (Fsp3) is 0.545. The summed E-state index contributed by atoms with van der Waals surface area (Å²) in [6.07, 6.45) is 7.92. The predicted octanol–water partition coefficient (Wildman–Crippen LogP) is 4.26. The minimum atomic E-state index is -3.48. The number of fused-ring (bicyclic) bond motifs is 1. The van der Waals surface area contributed by atoms with E-state index in [-0.39, 0.29) is 6.04 Å². The van der Waals surface area contributed by atoms with Crippen molar-refractivity contribution in [1.82, 2.24) is 9.21 Å². The summed E-state index contributed by atoms with van der Waals surface area (Å²) in [5.41, 5.74) is 0. The second-order valence-corrected chi connectivity index (χ2v) is 9.79. The lowest BCUT2D eigenvalue weighted by molar-refractivity contribution is 0.181. The lowest BCUT2D eigenvalue weighted by Crippen LogP contribution is -2.45. The molecule has 0 radical (unpaired) electrons. The lowest BCUT2D eigenvalue weighted by atomic mass is 10.0. The number of piperidine rings is 2. The molecule has 5 heteroatoms. The maximum absolute atomic E-state index is 13.6. The predicted molar refractivity (Wildman–Crippen MR) is 110 cm³/mol. The molecule has 146 valence electrons. The van der Waals surface area contributed by atoms with Crippen LogP contribution < -0.4 is 0 Å². The van der Waals surface area contributed by atoms with Crippen LogP contribution >= 0.6 is 0 Å². The highest BCUT2D eigenvalue weighted by Crippen LogP contribution is 2.31. The van der Waals surface area contributed by atoms with Crippen molar-refractivity contribution in [2.24, 2.45) is 0 Å². The molecule has 2 aliphatic heterocycles. The van der Waals surface area contributed by atoms with Crippen LogP contribution in [0.2, 0.25) is 0 Å². The van der Waals surface area contributed by atoms with Crippen molar-refractivity contribution in [3.8, 4) is 0 Å². The van der Waals surface area contributed by atoms with Crippen LogP contribution in [0.5, 0.6) is 0 Å². The van der Waals surface area contributed by atoms with E-state index in [0.29, 0.717) is 11.4 Å². The van der Waals surface area contributed by atoms with E-state index < -0.39 is 10.0 Å². The Morgan fingerprint density at radius 3 is 2.44 bits per heavy atom. The number of benzene rings is 2. The van der Waals surface area contributed by atoms with Gasteiger partial charge in [0.2, 0.25) is 10.0 Å². The van der Waals surface area contributed by atoms with Crippen molar-refractivity contribution in [1.29, 1.82) is 0 Å². The molecule has 2 aliphatic rings. The molecule has 1 atom stereocenters. The van der Waals surface area contributed by atoms with Crippen LogP contribution in [0.4, 0.5) is 0 Å². The lowest BCUT2D eigenvalue weighted by Gasteiger charge is -2.36. The van der Waals surface area contributed by atoms with Gasteiger partial charge in [-0.1, -0.05) is 49.2 Å². The number of hydrogen-bond donors (Lipinski definition) is 0. The van der Waals surface area contributed by atoms with Gasteiger partial charge in [0, 0.05) is 18.0 Å². The fourth-order valence-electron chi connectivity index (χ4n) is 4.64. The van der Waals surface area contributed by atoms with E-state index in [2.05, 4.69) is 4.90 Å². The zero-order valence-electron chi connectivity index (χ0n) is 16.0. The molecule has 1 unspecified atom stereocenters. The minimum absolute atomic E-state index is 0.129. The molecule has 0 bridgehead atoms. The van der Waals surface area contributed by atoms with Crippen molar-refractivity contribution in [2.45, 2.75) is 55.9 Å². The second-order valence-electron chi connectivity index (χ2n) is 7.93. The standard InChI is InChI=1S/C22H30N2O2S/c25-27(26,22-13-8-10-19-9-2-3-12-21(19)22)24-17-7-4-11-20(24)14-18-23-15-5-1-6-16-23/h2-3,8-10,12-13,20H,1,4-7,11,14-18H2. The van der Waals surface area contributed by atoms with Crippen LogP contribution in [0.3, 0.4) is 0 Å². The second kappa shape index (κ2) is 8.29. The maximum Gasteiger partial charge on any atom is 0.243 e. The first-order chi connectivity index (χ1) is 13.2. The van der Waals surface area contributed by atoms with Gasteiger partial charge < -0.3 is 4.90 Å². The highest BCUT2D eigenvalue weighted by atomic mass is 32.2. The van der Waals surface area contributed by atoms with Crippen LogP contribution in [0.15, 0.2) is 47.4 Å². The van der Waals surface area contributed by atoms with Crippen molar-refractivity contribution in [3.63, 3.8) is 0 Å². The van der Waals surface area contributed by atoms with Gasteiger partial charge >= 0.3 is 0 Å². The van der Waals surface area contributed by atoms with Gasteiger partial charge in [-0.05, 0) is 63.2 Å². The molecule has 0 spiro atoms. The van der Waals surface area contributed by atoms with Gasteiger partial charge in [-0.2, -0.15) is 4.31 Å². The monoisotopic (exact) mass is 386 g/mol. The summed E-state index contributed by atoms with van der Waals surface area (Å²) < 4.78 is 29.0. The summed E-state index contributed by atoms with van der Waals surface area (Å²) in [4.78, 5) is 2.98. The van der Waals surface area contributed by atoms with Crippen LogP contribution in [-0.4, -0.2) is 49.8 Å². The summed E-state index contributed by atoms with van der Waals surface area (Å²) in [7, 11) is -3.48. The Morgan fingerprint density at radius 2 is 1.59 bits per heavy atom. The van der Waals surface area contributed by atoms with Gasteiger partial charge in [0.1, 0.15) is 0 Å². The van der Waals surface area contributed by atoms with Crippen molar-refractivity contribution >= 4 is 20.8 Å². The first-order valence-electron chi connectivity index (χ1n) is 10.4. The molecule has 0 aliphatic carbocycles. The van der Waals surface area contributed by atoms with E-state index in [1.54, 1.807) is 6.07 Å². The van der Waals surface area contributed by atoms with Gasteiger partial charge in [-0.3, -0.25) is 0 Å². The van der Waals surface area contributed by atoms with Crippen LogP contribution in [0.25, 0.3) is 10.8 Å². The molecule has 2 heterocycles. The van der Waals surface area contributed by atoms with Crippen LogP contribution in [0.1, 0.15) is 44.9 Å². The van der Waals surface area contributed by atoms with E-state index >= 15 is 0 Å². The molecule has 2 aromatic rings. The third kappa shape index (κ3) is 4.05. The van der Waals surface area contributed by atoms with Crippen molar-refractivity contribution < 1.29 is 8.42 Å². The van der Waals surface area contributed by atoms with Gasteiger partial charge in [-0.25, -0.2) is 8.42 Å². The largest absolute Gasteiger partial charge is 0.303 e. The zero-order chi connectivity index (χ0) is 18.7. The van der Waals surface area contributed by atoms with Gasteiger partial charge in [-0.15, -0.1) is 0 Å². The normalized spacial score (nSPS) is 22.9. The summed E-state index contributed by atoms with van der Waals surface area (Å²) in [5.74, 6) is 0. The molecule has 0 aromatic heterocycles. The Kier molecular flexibility index (Phi) is 5.81. The van der Waals surface area contributed by atoms with Gasteiger partial charge in [0.25, 0.3) is 0 Å². The number of sulfonamides is 1. The van der Waals surface area contributed by atoms with Gasteiger partial charge in [0.15, 0.2) is 0 Å². The Morgan fingerprint density at radius 1 is 0.852 bits per heavy atom. The van der Waals surface area contributed by atoms with E-state index in [4.69, 9.17) is 0 Å². The zero-order valence-corrected chi connectivity index (χ0v) is 16.8. The summed E-state index contributed by atoms with van der Waals surface area (Å²) in [6.45, 7) is 4.01. The van der Waals surface area contributed by atoms with Crippen LogP contribution in [-0.2, 0) is 10.0 Å². The molecule has 4 rings (SSSR count). The smallest absolute Gasteiger partial charge is 0.243 e. The molecule has 0 saturated carbocycles. The molecule has 27 heavy (non-hydrogen) atoms. The first-order valence-corrected chi connectivity index (χ1v) is 11.8. The third-order valence-corrected chi connectivity index (χ3v) is 8.15. The number of nitrogens with zero attached hydrogens (tertiary/aromatic N) is 2. The van der Waals surface area contributed by atoms with E-state index in [1.165, 1.54) is 32.4 Å². The number of likely N-dealkylation sites (tertiary alicyclic amines) is 1. The minimum Gasteiger partial charge on any atom is -0.303 e. The Balaban J connectivity index is 1.58. The average Bonchev–Trinajstić information content (AvgIpc) is 2.73. The molecule has 2 fully saturated rings. The number of hydrogen-bond acceptors (Lipinski definition) is 3. The quantitative estimate of drug-likeness (QED) is 0.771. The Bertz CT molecular complexity index is 870. The summed E-state index contributed by atoms with van der Waals surface area (Å²) in [5, 5.41) is 1.82. The van der Waals surface area contributed by atoms with Crippen LogP contribution in [0, 0.1) is 0 Å². The highest BCUT2D eigenvalue weighted by molar-refractivity contribution is 7.89. The van der Waals surface area contributed by atoms with Gasteiger partial charge in [0.05, 0.1) is 4.90 Å². The molecule has 2 saturated heterocycles. The summed E-state index contributed by atoms with van der Waals surface area (Å²) >= 11 is 0. The average molecular weight is 387 g/mol. The van der Waals surface area contributed by atoms with E-state index in [9.17, 15) is 8.42 Å². The molecule has 2 aromatic carbocycles. The number of rotatable bonds is 5. The van der Waals surface area contributed by atoms with Crippen molar-refractivity contribution in [3.05, 3.63) is 42.5 Å². The molecule has 0 N–H and O–H groups in total. The highest BCUT2D eigenvalue weighted by Gasteiger charge is 2.34. The maximum atomic E-state index is 13.6. The Hall–Kier alpha value is -1.43. The summed E-state index contributed by atoms with van der Waals surface area (Å²) in [6, 6.07) is 13.5. The topological polar surface area (TPSA) is 40.6 Å². The molecular weight excluding hydrogens is 356 g/mol. The first kappa shape index (κ1) is 18.9.